The van der Waals surface area contributed by atoms with Gasteiger partial charge in [-0.2, -0.15) is 0 Å². The van der Waals surface area contributed by atoms with E-state index in [-0.39, 0.29) is 5.91 Å². The molecule has 1 aromatic heterocycles. The van der Waals surface area contributed by atoms with Gasteiger partial charge < -0.3 is 10.6 Å². The second kappa shape index (κ2) is 8.19. The fourth-order valence-electron chi connectivity index (χ4n) is 4.30. The lowest BCUT2D eigenvalue weighted by Crippen LogP contribution is -2.36. The molecule has 142 valence electrons. The molecule has 4 rings (SSSR count). The van der Waals surface area contributed by atoms with Crippen molar-refractivity contribution in [2.24, 2.45) is 0 Å². The molecular weight excluding hydrogens is 336 g/mol. The summed E-state index contributed by atoms with van der Waals surface area (Å²) < 4.78 is 0. The van der Waals surface area contributed by atoms with Gasteiger partial charge in [0.25, 0.3) is 0 Å². The van der Waals surface area contributed by atoms with Crippen LogP contribution in [-0.4, -0.2) is 42.0 Å². The van der Waals surface area contributed by atoms with Gasteiger partial charge in [0.2, 0.25) is 5.91 Å². The number of aromatic nitrogens is 1. The second-order valence-electron chi connectivity index (χ2n) is 7.66. The molecule has 1 aromatic carbocycles. The summed E-state index contributed by atoms with van der Waals surface area (Å²) in [6, 6.07) is 10.6. The summed E-state index contributed by atoms with van der Waals surface area (Å²) in [7, 11) is 0. The number of rotatable bonds is 5. The zero-order valence-electron chi connectivity index (χ0n) is 16.0. The van der Waals surface area contributed by atoms with Crippen LogP contribution in [0.1, 0.15) is 40.3 Å². The molecule has 0 bridgehead atoms. The standard InChI is InChI=1S/C22H28N4O/c1-16-21(20-7-9-23-11-19(20)12-24-16)13-25-22(27)15-26-10-8-18(14-26)17-5-3-2-4-6-17/h2-6,12,18,23H,7-11,13-15H2,1H3,(H,25,27). The number of carbonyl (C=O) groups is 1. The molecule has 2 aromatic rings. The van der Waals surface area contributed by atoms with E-state index in [1.807, 2.05) is 13.1 Å². The van der Waals surface area contributed by atoms with Crippen molar-refractivity contribution in [3.8, 4) is 0 Å². The minimum Gasteiger partial charge on any atom is -0.351 e. The van der Waals surface area contributed by atoms with Crippen LogP contribution in [-0.2, 0) is 24.3 Å². The molecule has 0 radical (unpaired) electrons. The van der Waals surface area contributed by atoms with Gasteiger partial charge in [-0.25, -0.2) is 0 Å². The Morgan fingerprint density at radius 1 is 1.33 bits per heavy atom. The highest BCUT2D eigenvalue weighted by Crippen LogP contribution is 2.26. The Morgan fingerprint density at radius 3 is 3.04 bits per heavy atom. The van der Waals surface area contributed by atoms with E-state index in [1.165, 1.54) is 22.3 Å². The Balaban J connectivity index is 1.32. The van der Waals surface area contributed by atoms with Crippen LogP contribution >= 0.6 is 0 Å². The molecule has 1 saturated heterocycles. The Morgan fingerprint density at radius 2 is 2.19 bits per heavy atom. The van der Waals surface area contributed by atoms with E-state index in [0.29, 0.717) is 19.0 Å². The minimum absolute atomic E-state index is 0.106. The molecule has 0 saturated carbocycles. The molecule has 1 fully saturated rings. The van der Waals surface area contributed by atoms with Gasteiger partial charge >= 0.3 is 0 Å². The molecular formula is C22H28N4O. The maximum Gasteiger partial charge on any atom is 0.234 e. The van der Waals surface area contributed by atoms with Crippen molar-refractivity contribution in [2.45, 2.75) is 38.8 Å². The second-order valence-corrected chi connectivity index (χ2v) is 7.66. The monoisotopic (exact) mass is 364 g/mol. The number of benzene rings is 1. The molecule has 3 heterocycles. The van der Waals surface area contributed by atoms with E-state index >= 15 is 0 Å². The lowest BCUT2D eigenvalue weighted by molar-refractivity contribution is -0.122. The van der Waals surface area contributed by atoms with Gasteiger partial charge in [-0.15, -0.1) is 0 Å². The Bertz CT molecular complexity index is 805. The molecule has 0 aliphatic carbocycles. The predicted octanol–water partition coefficient (Wildman–Crippen LogP) is 2.14. The number of aryl methyl sites for hydroxylation is 1. The fraction of sp³-hybridized carbons (Fsp3) is 0.455. The fourth-order valence-corrected chi connectivity index (χ4v) is 4.30. The van der Waals surface area contributed by atoms with Crippen molar-refractivity contribution in [1.82, 2.24) is 20.5 Å². The van der Waals surface area contributed by atoms with Crippen molar-refractivity contribution in [3.63, 3.8) is 0 Å². The first-order chi connectivity index (χ1) is 13.2. The van der Waals surface area contributed by atoms with E-state index in [0.717, 1.165) is 44.7 Å². The predicted molar refractivity (Wildman–Crippen MR) is 106 cm³/mol. The number of hydrogen-bond acceptors (Lipinski definition) is 4. The van der Waals surface area contributed by atoms with Crippen LogP contribution in [0, 0.1) is 6.92 Å². The lowest BCUT2D eigenvalue weighted by Gasteiger charge is -2.22. The quantitative estimate of drug-likeness (QED) is 0.854. The summed E-state index contributed by atoms with van der Waals surface area (Å²) >= 11 is 0. The van der Waals surface area contributed by atoms with Crippen LogP contribution < -0.4 is 10.6 Å². The first-order valence-corrected chi connectivity index (χ1v) is 9.91. The molecule has 0 spiro atoms. The van der Waals surface area contributed by atoms with Crippen molar-refractivity contribution in [1.29, 1.82) is 0 Å². The van der Waals surface area contributed by atoms with Crippen molar-refractivity contribution >= 4 is 5.91 Å². The Labute approximate surface area is 161 Å². The maximum atomic E-state index is 12.5. The van der Waals surface area contributed by atoms with Gasteiger partial charge in [0.15, 0.2) is 0 Å². The summed E-state index contributed by atoms with van der Waals surface area (Å²) in [5, 5.41) is 6.51. The number of carbonyl (C=O) groups excluding carboxylic acids is 1. The number of pyridine rings is 1. The van der Waals surface area contributed by atoms with Crippen molar-refractivity contribution < 1.29 is 4.79 Å². The zero-order chi connectivity index (χ0) is 18.6. The summed E-state index contributed by atoms with van der Waals surface area (Å²) in [6.45, 7) is 6.91. The highest BCUT2D eigenvalue weighted by atomic mass is 16.2. The number of fused-ring (bicyclic) bond motifs is 1. The van der Waals surface area contributed by atoms with Gasteiger partial charge in [-0.1, -0.05) is 30.3 Å². The molecule has 27 heavy (non-hydrogen) atoms. The number of nitrogens with zero attached hydrogens (tertiary/aromatic N) is 2. The molecule has 2 N–H and O–H groups in total. The topological polar surface area (TPSA) is 57.3 Å². The van der Waals surface area contributed by atoms with Gasteiger partial charge in [-0.3, -0.25) is 14.7 Å². The van der Waals surface area contributed by atoms with Crippen LogP contribution in [0.25, 0.3) is 0 Å². The smallest absolute Gasteiger partial charge is 0.234 e. The largest absolute Gasteiger partial charge is 0.351 e. The number of hydrogen-bond donors (Lipinski definition) is 2. The van der Waals surface area contributed by atoms with Crippen LogP contribution in [0.3, 0.4) is 0 Å². The molecule has 2 aliphatic rings. The molecule has 1 unspecified atom stereocenters. The number of likely N-dealkylation sites (tertiary alicyclic amines) is 1. The van der Waals surface area contributed by atoms with Gasteiger partial charge in [0.1, 0.15) is 0 Å². The van der Waals surface area contributed by atoms with Crippen molar-refractivity contribution in [2.75, 3.05) is 26.2 Å². The first kappa shape index (κ1) is 18.1. The number of nitrogens with one attached hydrogen (secondary N) is 2. The van der Waals surface area contributed by atoms with E-state index in [1.54, 1.807) is 0 Å². The van der Waals surface area contributed by atoms with Crippen LogP contribution in [0.4, 0.5) is 0 Å². The van der Waals surface area contributed by atoms with Gasteiger partial charge in [0, 0.05) is 31.5 Å². The summed E-state index contributed by atoms with van der Waals surface area (Å²) in [6.07, 6.45) is 4.10. The van der Waals surface area contributed by atoms with E-state index in [4.69, 9.17) is 0 Å². The summed E-state index contributed by atoms with van der Waals surface area (Å²) in [5.74, 6) is 0.647. The molecule has 5 nitrogen and oxygen atoms in total. The Kier molecular flexibility index (Phi) is 5.50. The molecule has 2 aliphatic heterocycles. The average Bonchev–Trinajstić information content (AvgIpc) is 3.16. The first-order valence-electron chi connectivity index (χ1n) is 9.91. The van der Waals surface area contributed by atoms with E-state index in [2.05, 4.69) is 50.8 Å². The highest BCUT2D eigenvalue weighted by Gasteiger charge is 2.25. The SMILES string of the molecule is Cc1ncc2c(c1CNC(=O)CN1CCC(c3ccccc3)C1)CCNC2. The van der Waals surface area contributed by atoms with Crippen LogP contribution in [0.15, 0.2) is 36.5 Å². The summed E-state index contributed by atoms with van der Waals surface area (Å²) in [5.41, 5.74) is 6.24. The third-order valence-corrected chi connectivity index (χ3v) is 5.84. The minimum atomic E-state index is 0.106. The normalized spacial score (nSPS) is 19.7. The molecule has 5 heteroatoms. The number of amides is 1. The van der Waals surface area contributed by atoms with Crippen molar-refractivity contribution in [3.05, 3.63) is 64.5 Å². The third-order valence-electron chi connectivity index (χ3n) is 5.84. The zero-order valence-corrected chi connectivity index (χ0v) is 16.0. The van der Waals surface area contributed by atoms with Crippen LogP contribution in [0.5, 0.6) is 0 Å². The van der Waals surface area contributed by atoms with Gasteiger partial charge in [-0.05, 0) is 61.0 Å². The highest BCUT2D eigenvalue weighted by molar-refractivity contribution is 5.78. The van der Waals surface area contributed by atoms with E-state index < -0.39 is 0 Å². The molecule has 1 atom stereocenters. The maximum absolute atomic E-state index is 12.5. The average molecular weight is 364 g/mol. The van der Waals surface area contributed by atoms with Crippen LogP contribution in [0.2, 0.25) is 0 Å². The Hall–Kier alpha value is -2.24. The summed E-state index contributed by atoms with van der Waals surface area (Å²) in [4.78, 5) is 19.3. The molecule has 1 amide bonds. The lowest BCUT2D eigenvalue weighted by atomic mass is 9.96. The van der Waals surface area contributed by atoms with Gasteiger partial charge in [0.05, 0.1) is 6.54 Å². The third kappa shape index (κ3) is 4.20. The van der Waals surface area contributed by atoms with E-state index in [9.17, 15) is 4.79 Å².